The fourth-order valence-corrected chi connectivity index (χ4v) is 17.2. The first-order valence-electron chi connectivity index (χ1n) is 27.6. The van der Waals surface area contributed by atoms with Gasteiger partial charge in [0.15, 0.2) is 13.9 Å². The molecule has 0 spiro atoms. The van der Waals surface area contributed by atoms with E-state index in [1.54, 1.807) is 0 Å². The van der Waals surface area contributed by atoms with Crippen LogP contribution in [0.3, 0.4) is 0 Å². The van der Waals surface area contributed by atoms with Gasteiger partial charge in [-0.2, -0.15) is 15.0 Å². The van der Waals surface area contributed by atoms with Crippen LogP contribution < -0.4 is 20.7 Å². The zero-order valence-corrected chi connectivity index (χ0v) is 45.2. The van der Waals surface area contributed by atoms with E-state index in [1.165, 1.54) is 20.7 Å². The molecule has 15 aromatic rings. The molecule has 0 saturated heterocycles. The molecular weight excluding hydrogens is 999 g/mol. The SMILES string of the molecule is c1ccc(-c2ccc3c(c2)c2cc(-c4ccccc4)ccc2n3-c2nc(-c3cccc([Si](c4ccccc4)(c4ccccc4)c4ccccc4)c3)nc(-n3c4ccc(-c5ccccc5)cc4c4cc(-c5ccccc5)ccc43)n2)cc1. The average Bonchev–Trinajstić information content (AvgIpc) is 4.30. The topological polar surface area (TPSA) is 48.5 Å². The maximum absolute atomic E-state index is 5.69. The van der Waals surface area contributed by atoms with Gasteiger partial charge in [-0.1, -0.05) is 261 Å². The monoisotopic (exact) mass is 1050 g/mol. The second-order valence-corrected chi connectivity index (χ2v) is 24.6. The Morgan fingerprint density at radius 2 is 0.481 bits per heavy atom. The van der Waals surface area contributed by atoms with Crippen LogP contribution in [-0.4, -0.2) is 32.2 Å². The van der Waals surface area contributed by atoms with Crippen LogP contribution in [0, 0.1) is 0 Å². The van der Waals surface area contributed by atoms with Gasteiger partial charge in [-0.3, -0.25) is 9.13 Å². The predicted octanol–water partition coefficient (Wildman–Crippen LogP) is 15.8. The van der Waals surface area contributed by atoms with Crippen LogP contribution in [0.2, 0.25) is 0 Å². The lowest BCUT2D eigenvalue weighted by Crippen LogP contribution is -2.74. The zero-order chi connectivity index (χ0) is 53.7. The summed E-state index contributed by atoms with van der Waals surface area (Å²) < 4.78 is 4.50. The molecule has 0 bridgehead atoms. The molecule has 0 amide bonds. The molecule has 5 nitrogen and oxygen atoms in total. The van der Waals surface area contributed by atoms with Gasteiger partial charge in [0.1, 0.15) is 0 Å². The van der Waals surface area contributed by atoms with Gasteiger partial charge < -0.3 is 0 Å². The fourth-order valence-electron chi connectivity index (χ4n) is 12.4. The van der Waals surface area contributed by atoms with E-state index in [0.717, 1.165) is 93.7 Å². The van der Waals surface area contributed by atoms with Crippen LogP contribution in [-0.2, 0) is 0 Å². The van der Waals surface area contributed by atoms with Gasteiger partial charge in [0.2, 0.25) is 11.9 Å². The summed E-state index contributed by atoms with van der Waals surface area (Å²) in [6, 6.07) is 112. The van der Waals surface area contributed by atoms with Crippen molar-refractivity contribution in [3.05, 3.63) is 309 Å². The summed E-state index contributed by atoms with van der Waals surface area (Å²) in [4.78, 5) is 17.0. The lowest BCUT2D eigenvalue weighted by Gasteiger charge is -2.34. The van der Waals surface area contributed by atoms with Crippen LogP contribution >= 0.6 is 0 Å². The first-order chi connectivity index (χ1) is 40.2. The molecule has 0 saturated carbocycles. The Balaban J connectivity index is 1.03. The highest BCUT2D eigenvalue weighted by Crippen LogP contribution is 2.40. The van der Waals surface area contributed by atoms with Crippen molar-refractivity contribution < 1.29 is 0 Å². The van der Waals surface area contributed by atoms with Crippen LogP contribution in [0.4, 0.5) is 0 Å². The number of rotatable bonds is 11. The summed E-state index contributed by atoms with van der Waals surface area (Å²) in [6.45, 7) is 0. The summed E-state index contributed by atoms with van der Waals surface area (Å²) in [5.41, 5.74) is 14.1. The molecule has 0 N–H and O–H groups in total. The minimum atomic E-state index is -2.96. The molecule has 0 radical (unpaired) electrons. The van der Waals surface area contributed by atoms with E-state index in [2.05, 4.69) is 319 Å². The standard InChI is InChI=1S/C75H51N5Si/c1-8-23-52(24-9-1)56-39-43-69-65(48-56)66-49-57(53-25-10-2-11-26-53)40-44-70(66)79(69)74-76-73(60-31-22-38-64(47-60)81(61-32-16-5-17-33-61,62-34-18-6-19-35-62)63-36-20-7-21-37-63)77-75(78-74)80-71-45-41-58(54-27-12-3-13-28-54)50-67(71)68-51-59(42-46-72(68)80)55-29-14-4-15-30-55/h1-51H. The highest BCUT2D eigenvalue weighted by molar-refractivity contribution is 7.19. The molecule has 6 heteroatoms. The second kappa shape index (κ2) is 20.0. The summed E-state index contributed by atoms with van der Waals surface area (Å²) in [5.74, 6) is 1.62. The number of fused-ring (bicyclic) bond motifs is 6. The summed E-state index contributed by atoms with van der Waals surface area (Å²) in [6.07, 6.45) is 0. The highest BCUT2D eigenvalue weighted by Gasteiger charge is 2.41. The Morgan fingerprint density at radius 1 is 0.210 bits per heavy atom. The molecule has 12 aromatic carbocycles. The van der Waals surface area contributed by atoms with E-state index in [0.29, 0.717) is 17.7 Å². The van der Waals surface area contributed by atoms with Gasteiger partial charge in [0, 0.05) is 27.1 Å². The van der Waals surface area contributed by atoms with E-state index in [4.69, 9.17) is 15.0 Å². The quantitative estimate of drug-likeness (QED) is 0.0958. The van der Waals surface area contributed by atoms with Gasteiger partial charge in [0.25, 0.3) is 0 Å². The Morgan fingerprint density at radius 3 is 0.790 bits per heavy atom. The number of hydrogen-bond acceptors (Lipinski definition) is 3. The Kier molecular flexibility index (Phi) is 11.8. The Bertz CT molecular complexity index is 4270. The van der Waals surface area contributed by atoms with Crippen molar-refractivity contribution in [1.82, 2.24) is 24.1 Å². The largest absolute Gasteiger partial charge is 0.278 e. The lowest BCUT2D eigenvalue weighted by molar-refractivity contribution is 0.893. The maximum atomic E-state index is 5.69. The van der Waals surface area contributed by atoms with Crippen molar-refractivity contribution in [1.29, 1.82) is 0 Å². The molecule has 0 aliphatic heterocycles. The van der Waals surface area contributed by atoms with Crippen molar-refractivity contribution in [2.24, 2.45) is 0 Å². The number of benzene rings is 12. The predicted molar refractivity (Wildman–Crippen MR) is 339 cm³/mol. The smallest absolute Gasteiger partial charge is 0.240 e. The van der Waals surface area contributed by atoms with Gasteiger partial charge in [0.05, 0.1) is 22.1 Å². The minimum absolute atomic E-state index is 0.523. The van der Waals surface area contributed by atoms with Gasteiger partial charge in [-0.25, -0.2) is 0 Å². The number of hydrogen-bond donors (Lipinski definition) is 0. The molecule has 15 rings (SSSR count). The summed E-state index contributed by atoms with van der Waals surface area (Å²) >= 11 is 0. The molecule has 3 heterocycles. The van der Waals surface area contributed by atoms with Crippen LogP contribution in [0.25, 0.3) is 111 Å². The van der Waals surface area contributed by atoms with E-state index in [-0.39, 0.29) is 0 Å². The van der Waals surface area contributed by atoms with Crippen molar-refractivity contribution >= 4 is 72.4 Å². The molecule has 0 fully saturated rings. The molecule has 0 atom stereocenters. The van der Waals surface area contributed by atoms with Crippen molar-refractivity contribution in [2.45, 2.75) is 0 Å². The first-order valence-corrected chi connectivity index (χ1v) is 29.6. The minimum Gasteiger partial charge on any atom is -0.278 e. The van der Waals surface area contributed by atoms with Crippen molar-refractivity contribution in [3.63, 3.8) is 0 Å². The molecule has 0 aliphatic carbocycles. The van der Waals surface area contributed by atoms with E-state index < -0.39 is 8.07 Å². The summed E-state index contributed by atoms with van der Waals surface area (Å²) in [7, 11) is -2.96. The second-order valence-electron chi connectivity index (χ2n) is 20.8. The molecule has 0 unspecified atom stereocenters. The van der Waals surface area contributed by atoms with Gasteiger partial charge in [-0.05, 0) is 114 Å². The fraction of sp³-hybridized carbons (Fsp3) is 0. The molecular formula is C75H51N5Si. The van der Waals surface area contributed by atoms with Crippen LogP contribution in [0.5, 0.6) is 0 Å². The maximum Gasteiger partial charge on any atom is 0.240 e. The third-order valence-corrected chi connectivity index (χ3v) is 20.9. The Hall–Kier alpha value is -10.5. The van der Waals surface area contributed by atoms with E-state index in [1.807, 2.05) is 0 Å². The number of nitrogens with zero attached hydrogens (tertiary/aromatic N) is 5. The summed E-state index contributed by atoms with van der Waals surface area (Å²) in [5, 5.41) is 9.54. The van der Waals surface area contributed by atoms with Crippen LogP contribution in [0.1, 0.15) is 0 Å². The first kappa shape index (κ1) is 47.7. The normalized spacial score (nSPS) is 11.7. The molecule has 380 valence electrons. The van der Waals surface area contributed by atoms with E-state index in [9.17, 15) is 0 Å². The Labute approximate surface area is 471 Å². The molecule has 81 heavy (non-hydrogen) atoms. The molecule has 3 aromatic heterocycles. The third-order valence-electron chi connectivity index (χ3n) is 16.1. The lowest BCUT2D eigenvalue weighted by atomic mass is 10.0. The molecule has 0 aliphatic rings. The van der Waals surface area contributed by atoms with Crippen molar-refractivity contribution in [3.8, 4) is 67.8 Å². The number of aromatic nitrogens is 5. The van der Waals surface area contributed by atoms with Gasteiger partial charge in [-0.15, -0.1) is 0 Å². The average molecular weight is 1050 g/mol. The van der Waals surface area contributed by atoms with E-state index >= 15 is 0 Å². The zero-order valence-electron chi connectivity index (χ0n) is 44.2. The van der Waals surface area contributed by atoms with Crippen LogP contribution in [0.15, 0.2) is 309 Å². The third kappa shape index (κ3) is 8.28. The highest BCUT2D eigenvalue weighted by atomic mass is 28.3. The van der Waals surface area contributed by atoms with Crippen molar-refractivity contribution in [2.75, 3.05) is 0 Å². The van der Waals surface area contributed by atoms with Gasteiger partial charge >= 0.3 is 0 Å².